The van der Waals surface area contributed by atoms with Gasteiger partial charge < -0.3 is 54.1 Å². The summed E-state index contributed by atoms with van der Waals surface area (Å²) in [5.74, 6) is 0.527. The minimum atomic E-state index is -0.653. The van der Waals surface area contributed by atoms with Crippen molar-refractivity contribution in [2.24, 2.45) is 5.92 Å². The number of hydrogen-bond acceptors (Lipinski definition) is 11. The Morgan fingerprint density at radius 2 is 0.771 bits per heavy atom. The Kier molecular flexibility index (Phi) is 20.1. The Morgan fingerprint density at radius 1 is 0.417 bits per heavy atom. The van der Waals surface area contributed by atoms with Gasteiger partial charge in [-0.2, -0.15) is 0 Å². The zero-order chi connectivity index (χ0) is 33.8. The van der Waals surface area contributed by atoms with Gasteiger partial charge in [0, 0.05) is 19.6 Å². The van der Waals surface area contributed by atoms with E-state index in [0.29, 0.717) is 25.6 Å². The predicted molar refractivity (Wildman–Crippen MR) is 187 cm³/mol. The summed E-state index contributed by atoms with van der Waals surface area (Å²) in [5, 5.41) is 43.4. The summed E-state index contributed by atoms with van der Waals surface area (Å²) in [7, 11) is 0. The lowest BCUT2D eigenvalue weighted by Crippen LogP contribution is -2.45. The van der Waals surface area contributed by atoms with E-state index in [9.17, 15) is 20.4 Å². The number of nitrogens with zero attached hydrogens (tertiary/aromatic N) is 3. The van der Waals surface area contributed by atoms with Crippen LogP contribution in [0.25, 0.3) is 0 Å². The third kappa shape index (κ3) is 16.7. The molecule has 4 rings (SSSR count). The van der Waals surface area contributed by atoms with Gasteiger partial charge >= 0.3 is 0 Å². The normalized spacial score (nSPS) is 25.0. The quantitative estimate of drug-likeness (QED) is 0.127. The molecule has 0 amide bonds. The van der Waals surface area contributed by atoms with Crippen LogP contribution in [-0.2, 0) is 18.9 Å². The molecule has 0 aromatic carbocycles. The highest BCUT2D eigenvalue weighted by atomic mass is 16.6. The Labute approximate surface area is 291 Å². The fourth-order valence-corrected chi connectivity index (χ4v) is 7.99. The molecule has 3 saturated heterocycles. The number of piperidine rings is 3. The van der Waals surface area contributed by atoms with Gasteiger partial charge in [-0.3, -0.25) is 0 Å². The number of aliphatic hydroxyl groups excluding tert-OH is 4. The first-order chi connectivity index (χ1) is 23.4. The second kappa shape index (κ2) is 23.9. The number of likely N-dealkylation sites (tertiary alicyclic amines) is 3. The van der Waals surface area contributed by atoms with Crippen molar-refractivity contribution in [3.63, 3.8) is 0 Å². The van der Waals surface area contributed by atoms with E-state index in [1.165, 1.54) is 64.2 Å². The molecule has 0 spiro atoms. The largest absolute Gasteiger partial charge is 0.391 e. The predicted octanol–water partition coefficient (Wildman–Crippen LogP) is 2.66. The molecular formula is C37H71N3O8. The molecule has 0 aromatic rings. The lowest BCUT2D eigenvalue weighted by Gasteiger charge is -2.32. The Hall–Kier alpha value is -0.440. The molecule has 1 aliphatic carbocycles. The van der Waals surface area contributed by atoms with Crippen LogP contribution in [0.1, 0.15) is 96.3 Å². The van der Waals surface area contributed by atoms with E-state index in [1.807, 2.05) is 0 Å². The van der Waals surface area contributed by atoms with Crippen LogP contribution in [0.2, 0.25) is 0 Å². The van der Waals surface area contributed by atoms with Gasteiger partial charge in [-0.25, -0.2) is 0 Å². The molecular weight excluding hydrogens is 614 g/mol. The molecule has 1 saturated carbocycles. The van der Waals surface area contributed by atoms with E-state index in [0.717, 1.165) is 71.4 Å². The molecule has 48 heavy (non-hydrogen) atoms. The van der Waals surface area contributed by atoms with Crippen molar-refractivity contribution in [2.75, 3.05) is 98.5 Å². The highest BCUT2D eigenvalue weighted by Gasteiger charge is 2.29. The minimum Gasteiger partial charge on any atom is -0.391 e. The molecule has 282 valence electrons. The first kappa shape index (κ1) is 40.3. The van der Waals surface area contributed by atoms with Crippen LogP contribution in [0, 0.1) is 5.92 Å². The average Bonchev–Trinajstić information content (AvgIpc) is 3.09. The van der Waals surface area contributed by atoms with Crippen molar-refractivity contribution in [2.45, 2.75) is 133 Å². The molecule has 3 aliphatic heterocycles. The summed E-state index contributed by atoms with van der Waals surface area (Å²) in [6.07, 6.45) is 13.9. The highest BCUT2D eigenvalue weighted by molar-refractivity contribution is 4.77. The molecule has 11 nitrogen and oxygen atoms in total. The minimum absolute atomic E-state index is 0.128. The molecule has 0 aromatic heterocycles. The number of ether oxygens (including phenoxy) is 4. The van der Waals surface area contributed by atoms with Crippen LogP contribution >= 0.6 is 0 Å². The maximum Gasteiger partial charge on any atom is 0.109 e. The molecule has 11 heteroatoms. The standard InChI is InChI=1S/C37H71N3O8/c41-32(21-31-13-5-1-6-14-31)27-47-36(29-45-25-33(42)22-38-15-7-2-8-16-38)37(48-28-35(44)24-40-19-11-4-12-20-40)30-46-26-34(43)23-39-17-9-3-10-18-39/h31-37,41-44H,1-30H2. The summed E-state index contributed by atoms with van der Waals surface area (Å²) in [4.78, 5) is 6.89. The Balaban J connectivity index is 1.33. The van der Waals surface area contributed by atoms with E-state index in [2.05, 4.69) is 14.7 Å². The van der Waals surface area contributed by atoms with E-state index < -0.39 is 36.6 Å². The Bertz CT molecular complexity index is 727. The van der Waals surface area contributed by atoms with Gasteiger partial charge in [0.25, 0.3) is 0 Å². The van der Waals surface area contributed by atoms with Crippen molar-refractivity contribution in [1.82, 2.24) is 14.7 Å². The number of rotatable bonds is 23. The fourth-order valence-electron chi connectivity index (χ4n) is 7.99. The van der Waals surface area contributed by atoms with Crippen molar-refractivity contribution in [1.29, 1.82) is 0 Å². The topological polar surface area (TPSA) is 128 Å². The van der Waals surface area contributed by atoms with Crippen LogP contribution in [-0.4, -0.2) is 170 Å². The average molecular weight is 686 g/mol. The van der Waals surface area contributed by atoms with Gasteiger partial charge in [0.1, 0.15) is 12.2 Å². The van der Waals surface area contributed by atoms with Gasteiger partial charge in [-0.1, -0.05) is 51.4 Å². The van der Waals surface area contributed by atoms with E-state index in [4.69, 9.17) is 18.9 Å². The van der Waals surface area contributed by atoms with Crippen molar-refractivity contribution in [3.05, 3.63) is 0 Å². The van der Waals surface area contributed by atoms with Gasteiger partial charge in [-0.05, 0) is 90.1 Å². The second-order valence-electron chi connectivity index (χ2n) is 15.3. The second-order valence-corrected chi connectivity index (χ2v) is 15.3. The van der Waals surface area contributed by atoms with Crippen LogP contribution in [0.3, 0.4) is 0 Å². The zero-order valence-corrected chi connectivity index (χ0v) is 30.0. The van der Waals surface area contributed by atoms with E-state index in [1.54, 1.807) is 0 Å². The molecule has 4 N–H and O–H groups in total. The molecule has 6 unspecified atom stereocenters. The summed E-state index contributed by atoms with van der Waals surface area (Å²) in [5.41, 5.74) is 0. The van der Waals surface area contributed by atoms with Crippen LogP contribution < -0.4 is 0 Å². The zero-order valence-electron chi connectivity index (χ0n) is 30.0. The third-order valence-corrected chi connectivity index (χ3v) is 10.7. The molecule has 4 aliphatic rings. The summed E-state index contributed by atoms with van der Waals surface area (Å²) >= 11 is 0. The first-order valence-electron chi connectivity index (χ1n) is 19.7. The molecule has 0 bridgehead atoms. The Morgan fingerprint density at radius 3 is 1.19 bits per heavy atom. The summed E-state index contributed by atoms with van der Waals surface area (Å²) in [6, 6.07) is 0. The van der Waals surface area contributed by atoms with Gasteiger partial charge in [0.2, 0.25) is 0 Å². The number of hydrogen-bond donors (Lipinski definition) is 4. The van der Waals surface area contributed by atoms with Crippen molar-refractivity contribution < 1.29 is 39.4 Å². The fraction of sp³-hybridized carbons (Fsp3) is 1.00. The number of aliphatic hydroxyl groups is 4. The summed E-state index contributed by atoms with van der Waals surface area (Å²) < 4.78 is 24.9. The molecule has 4 fully saturated rings. The molecule has 6 atom stereocenters. The lowest BCUT2D eigenvalue weighted by molar-refractivity contribution is -0.156. The van der Waals surface area contributed by atoms with E-state index >= 15 is 0 Å². The first-order valence-corrected chi connectivity index (χ1v) is 19.7. The highest BCUT2D eigenvalue weighted by Crippen LogP contribution is 2.27. The van der Waals surface area contributed by atoms with Crippen LogP contribution in [0.15, 0.2) is 0 Å². The third-order valence-electron chi connectivity index (χ3n) is 10.7. The van der Waals surface area contributed by atoms with Crippen molar-refractivity contribution in [3.8, 4) is 0 Å². The monoisotopic (exact) mass is 686 g/mol. The smallest absolute Gasteiger partial charge is 0.109 e. The van der Waals surface area contributed by atoms with E-state index in [-0.39, 0.29) is 39.6 Å². The maximum absolute atomic E-state index is 11.0. The van der Waals surface area contributed by atoms with Crippen LogP contribution in [0.5, 0.6) is 0 Å². The SMILES string of the molecule is OC(COC(COCC(O)CN1CCCCC1)C(COCC(O)CN1CCCCC1)OCC(O)CN1CCCCC1)CC1CCCCC1. The lowest BCUT2D eigenvalue weighted by atomic mass is 9.85. The summed E-state index contributed by atoms with van der Waals surface area (Å²) in [6.45, 7) is 8.76. The number of β-amino-alcohol motifs (C(OH)–C–C–N with tert-alkyl or cyclic N) is 3. The van der Waals surface area contributed by atoms with Gasteiger partial charge in [-0.15, -0.1) is 0 Å². The molecule has 0 radical (unpaired) electrons. The molecule has 3 heterocycles. The van der Waals surface area contributed by atoms with Gasteiger partial charge in [0.15, 0.2) is 0 Å². The maximum atomic E-state index is 11.0. The van der Waals surface area contributed by atoms with Crippen molar-refractivity contribution >= 4 is 0 Å². The van der Waals surface area contributed by atoms with Gasteiger partial charge in [0.05, 0.1) is 64.1 Å². The van der Waals surface area contributed by atoms with Crippen LogP contribution in [0.4, 0.5) is 0 Å².